The van der Waals surface area contributed by atoms with Crippen molar-refractivity contribution >= 4 is 11.6 Å². The normalized spacial score (nSPS) is 17.1. The number of hydrogen-bond donors (Lipinski definition) is 1. The second kappa shape index (κ2) is 7.29. The molecule has 23 heavy (non-hydrogen) atoms. The summed E-state index contributed by atoms with van der Waals surface area (Å²) in [5.74, 6) is 0.0312. The summed E-state index contributed by atoms with van der Waals surface area (Å²) >= 11 is 0. The third-order valence-electron chi connectivity index (χ3n) is 4.23. The summed E-state index contributed by atoms with van der Waals surface area (Å²) in [7, 11) is 0. The van der Waals surface area contributed by atoms with Crippen molar-refractivity contribution in [2.24, 2.45) is 0 Å². The van der Waals surface area contributed by atoms with Gasteiger partial charge in [-0.1, -0.05) is 36.4 Å². The molecule has 2 N–H and O–H groups in total. The first-order valence-electron chi connectivity index (χ1n) is 8.02. The van der Waals surface area contributed by atoms with Gasteiger partial charge in [0.2, 0.25) is 0 Å². The quantitative estimate of drug-likeness (QED) is 0.864. The van der Waals surface area contributed by atoms with Crippen LogP contribution in [0.3, 0.4) is 0 Å². The summed E-state index contributed by atoms with van der Waals surface area (Å²) in [5, 5.41) is 0. The van der Waals surface area contributed by atoms with E-state index in [4.69, 9.17) is 10.5 Å². The third-order valence-corrected chi connectivity index (χ3v) is 4.23. The van der Waals surface area contributed by atoms with Crippen LogP contribution in [-0.2, 0) is 11.2 Å². The van der Waals surface area contributed by atoms with Gasteiger partial charge in [0, 0.05) is 24.4 Å². The van der Waals surface area contributed by atoms with Crippen LogP contribution in [0.15, 0.2) is 54.6 Å². The average Bonchev–Trinajstić information content (AvgIpc) is 3.10. The Balaban J connectivity index is 1.76. The molecule has 2 aromatic carbocycles. The molecule has 4 nitrogen and oxygen atoms in total. The van der Waals surface area contributed by atoms with Crippen molar-refractivity contribution in [3.05, 3.63) is 65.7 Å². The molecule has 1 aliphatic heterocycles. The van der Waals surface area contributed by atoms with Crippen molar-refractivity contribution < 1.29 is 9.53 Å². The van der Waals surface area contributed by atoms with Gasteiger partial charge in [0.15, 0.2) is 0 Å². The third kappa shape index (κ3) is 3.90. The van der Waals surface area contributed by atoms with Crippen LogP contribution < -0.4 is 5.73 Å². The number of hydrogen-bond acceptors (Lipinski definition) is 3. The smallest absolute Gasteiger partial charge is 0.254 e. The molecule has 2 aromatic rings. The molecule has 1 amide bonds. The summed E-state index contributed by atoms with van der Waals surface area (Å²) in [6.45, 7) is 2.02. The molecule has 120 valence electrons. The van der Waals surface area contributed by atoms with Crippen LogP contribution in [0, 0.1) is 0 Å². The Morgan fingerprint density at radius 2 is 2.00 bits per heavy atom. The van der Waals surface area contributed by atoms with Crippen LogP contribution in [0.4, 0.5) is 5.69 Å². The number of carbonyl (C=O) groups excluding carboxylic acids is 1. The highest BCUT2D eigenvalue weighted by atomic mass is 16.5. The van der Waals surface area contributed by atoms with E-state index in [9.17, 15) is 4.79 Å². The molecule has 0 aromatic heterocycles. The number of nitrogen functional groups attached to an aromatic ring is 1. The van der Waals surface area contributed by atoms with Crippen molar-refractivity contribution in [2.75, 3.05) is 25.5 Å². The van der Waals surface area contributed by atoms with E-state index in [2.05, 4.69) is 12.1 Å². The molecule has 1 saturated heterocycles. The number of amides is 1. The molecule has 1 fully saturated rings. The summed E-state index contributed by atoms with van der Waals surface area (Å²) < 4.78 is 5.48. The first-order valence-corrected chi connectivity index (χ1v) is 8.02. The summed E-state index contributed by atoms with van der Waals surface area (Å²) in [6.07, 6.45) is 1.73. The van der Waals surface area contributed by atoms with E-state index in [0.29, 0.717) is 24.4 Å². The summed E-state index contributed by atoms with van der Waals surface area (Å²) in [4.78, 5) is 14.9. The highest BCUT2D eigenvalue weighted by molar-refractivity contribution is 5.95. The lowest BCUT2D eigenvalue weighted by Crippen LogP contribution is -2.42. The van der Waals surface area contributed by atoms with Crippen LogP contribution >= 0.6 is 0 Å². The number of ether oxygens (including phenoxy) is 1. The molecule has 1 unspecified atom stereocenters. The average molecular weight is 310 g/mol. The minimum absolute atomic E-state index is 0.0312. The molecule has 0 bridgehead atoms. The largest absolute Gasteiger partial charge is 0.399 e. The number of nitrogens with two attached hydrogens (primary N) is 1. The van der Waals surface area contributed by atoms with Gasteiger partial charge in [0.1, 0.15) is 0 Å². The van der Waals surface area contributed by atoms with Gasteiger partial charge in [-0.05, 0) is 36.6 Å². The van der Waals surface area contributed by atoms with Crippen LogP contribution in [0.1, 0.15) is 22.3 Å². The fourth-order valence-corrected chi connectivity index (χ4v) is 2.95. The van der Waals surface area contributed by atoms with Crippen LogP contribution in [0.2, 0.25) is 0 Å². The Bertz CT molecular complexity index is 651. The van der Waals surface area contributed by atoms with Crippen molar-refractivity contribution in [1.29, 1.82) is 0 Å². The van der Waals surface area contributed by atoms with Gasteiger partial charge in [-0.3, -0.25) is 4.79 Å². The number of benzene rings is 2. The van der Waals surface area contributed by atoms with Crippen LogP contribution in [-0.4, -0.2) is 36.6 Å². The number of carbonyl (C=O) groups is 1. The molecule has 4 heteroatoms. The minimum Gasteiger partial charge on any atom is -0.399 e. The van der Waals surface area contributed by atoms with E-state index < -0.39 is 0 Å². The van der Waals surface area contributed by atoms with Crippen molar-refractivity contribution in [3.8, 4) is 0 Å². The van der Waals surface area contributed by atoms with Gasteiger partial charge in [-0.2, -0.15) is 0 Å². The zero-order valence-electron chi connectivity index (χ0n) is 13.2. The van der Waals surface area contributed by atoms with Gasteiger partial charge < -0.3 is 15.4 Å². The molecule has 3 rings (SSSR count). The van der Waals surface area contributed by atoms with E-state index in [1.807, 2.05) is 35.2 Å². The highest BCUT2D eigenvalue weighted by Gasteiger charge is 2.27. The van der Waals surface area contributed by atoms with Crippen LogP contribution in [0.25, 0.3) is 0 Å². The minimum atomic E-state index is 0.0312. The number of nitrogens with zero attached hydrogens (tertiary/aromatic N) is 1. The molecule has 1 atom stereocenters. The second-order valence-corrected chi connectivity index (χ2v) is 5.88. The lowest BCUT2D eigenvalue weighted by atomic mass is 10.1. The molecule has 0 radical (unpaired) electrons. The Labute approximate surface area is 136 Å². The van der Waals surface area contributed by atoms with Gasteiger partial charge in [-0.25, -0.2) is 0 Å². The van der Waals surface area contributed by atoms with Crippen molar-refractivity contribution in [2.45, 2.75) is 18.9 Å². The fraction of sp³-hybridized carbons (Fsp3) is 0.316. The zero-order chi connectivity index (χ0) is 16.1. The molecule has 0 aliphatic carbocycles. The molecule has 0 saturated carbocycles. The second-order valence-electron chi connectivity index (χ2n) is 5.88. The molecule has 1 heterocycles. The van der Waals surface area contributed by atoms with Crippen LogP contribution in [0.5, 0.6) is 0 Å². The van der Waals surface area contributed by atoms with Gasteiger partial charge in [-0.15, -0.1) is 0 Å². The molecule has 1 aliphatic rings. The fourth-order valence-electron chi connectivity index (χ4n) is 2.95. The van der Waals surface area contributed by atoms with Crippen molar-refractivity contribution in [3.63, 3.8) is 0 Å². The van der Waals surface area contributed by atoms with E-state index >= 15 is 0 Å². The number of rotatable bonds is 5. The van der Waals surface area contributed by atoms with Gasteiger partial charge in [0.25, 0.3) is 5.91 Å². The zero-order valence-corrected chi connectivity index (χ0v) is 13.2. The SMILES string of the molecule is Nc1cccc(C(=O)N(CCc2ccccc2)C2CCOC2)c1. The predicted octanol–water partition coefficient (Wildman–Crippen LogP) is 2.74. The van der Waals surface area contributed by atoms with E-state index in [-0.39, 0.29) is 11.9 Å². The maximum atomic E-state index is 12.9. The predicted molar refractivity (Wildman–Crippen MR) is 91.3 cm³/mol. The maximum Gasteiger partial charge on any atom is 0.254 e. The van der Waals surface area contributed by atoms with E-state index in [0.717, 1.165) is 19.4 Å². The van der Waals surface area contributed by atoms with Crippen molar-refractivity contribution in [1.82, 2.24) is 4.90 Å². The standard InChI is InChI=1S/C19H22N2O2/c20-17-8-4-7-16(13-17)19(22)21(18-10-12-23-14-18)11-9-15-5-2-1-3-6-15/h1-8,13,18H,9-12,14,20H2. The molecular formula is C19H22N2O2. The van der Waals surface area contributed by atoms with Gasteiger partial charge >= 0.3 is 0 Å². The Hall–Kier alpha value is -2.33. The molecule has 0 spiro atoms. The Morgan fingerprint density at radius 3 is 2.70 bits per heavy atom. The number of anilines is 1. The first-order chi connectivity index (χ1) is 11.2. The molecular weight excluding hydrogens is 288 g/mol. The summed E-state index contributed by atoms with van der Waals surface area (Å²) in [6, 6.07) is 17.6. The monoisotopic (exact) mass is 310 g/mol. The van der Waals surface area contributed by atoms with E-state index in [1.165, 1.54) is 5.56 Å². The first kappa shape index (κ1) is 15.6. The lowest BCUT2D eigenvalue weighted by molar-refractivity contribution is 0.0656. The van der Waals surface area contributed by atoms with E-state index in [1.54, 1.807) is 12.1 Å². The topological polar surface area (TPSA) is 55.6 Å². The Kier molecular flexibility index (Phi) is 4.93. The lowest BCUT2D eigenvalue weighted by Gasteiger charge is -2.28. The Morgan fingerprint density at radius 1 is 1.17 bits per heavy atom. The summed E-state index contributed by atoms with van der Waals surface area (Å²) in [5.41, 5.74) is 8.31. The van der Waals surface area contributed by atoms with Gasteiger partial charge in [0.05, 0.1) is 12.6 Å². The highest BCUT2D eigenvalue weighted by Crippen LogP contribution is 2.18. The maximum absolute atomic E-state index is 12.9.